The smallest absolute Gasteiger partial charge is 0.301 e. The second-order valence-corrected chi connectivity index (χ2v) is 8.61. The van der Waals surface area contributed by atoms with E-state index in [1.54, 1.807) is 12.1 Å². The fraction of sp³-hybridized carbons (Fsp3) is 0.600. The molecule has 0 aliphatic heterocycles. The SMILES string of the molecule is FC(F)(F)Cn1c(-c2ccccc2)nnc1C12CC3CC(CC(C3)C1)C2. The quantitative estimate of drug-likeness (QED) is 0.772. The summed E-state index contributed by atoms with van der Waals surface area (Å²) in [4.78, 5) is 0. The zero-order chi connectivity index (χ0) is 17.9. The number of hydrogen-bond donors (Lipinski definition) is 0. The topological polar surface area (TPSA) is 30.7 Å². The van der Waals surface area contributed by atoms with Crippen LogP contribution in [0.2, 0.25) is 0 Å². The van der Waals surface area contributed by atoms with Gasteiger partial charge in [-0.2, -0.15) is 13.2 Å². The maximum atomic E-state index is 13.4. The highest BCUT2D eigenvalue weighted by Gasteiger charge is 2.54. The molecule has 6 heteroatoms. The first-order valence-electron chi connectivity index (χ1n) is 9.48. The fourth-order valence-electron chi connectivity index (χ4n) is 6.21. The molecule has 0 saturated heterocycles. The number of alkyl halides is 3. The van der Waals surface area contributed by atoms with Crippen LogP contribution < -0.4 is 0 Å². The molecule has 1 aromatic carbocycles. The van der Waals surface area contributed by atoms with Gasteiger partial charge >= 0.3 is 6.18 Å². The molecular weight excluding hydrogens is 339 g/mol. The molecule has 0 atom stereocenters. The number of rotatable bonds is 3. The Bertz CT molecular complexity index is 774. The summed E-state index contributed by atoms with van der Waals surface area (Å²) in [7, 11) is 0. The van der Waals surface area contributed by atoms with Crippen LogP contribution in [0.5, 0.6) is 0 Å². The minimum Gasteiger partial charge on any atom is -0.301 e. The Balaban J connectivity index is 1.62. The Labute approximate surface area is 150 Å². The van der Waals surface area contributed by atoms with Gasteiger partial charge < -0.3 is 4.57 Å². The minimum absolute atomic E-state index is 0.208. The van der Waals surface area contributed by atoms with Gasteiger partial charge in [-0.3, -0.25) is 0 Å². The van der Waals surface area contributed by atoms with Crippen molar-refractivity contribution in [2.45, 2.75) is 56.7 Å². The van der Waals surface area contributed by atoms with E-state index in [0.717, 1.165) is 19.3 Å². The first-order chi connectivity index (χ1) is 12.4. The van der Waals surface area contributed by atoms with Crippen molar-refractivity contribution >= 4 is 0 Å². The standard InChI is InChI=1S/C20H22F3N3/c21-20(22,23)12-26-17(16-4-2-1-3-5-16)24-25-18(26)19-9-13-6-14(10-19)8-15(7-13)11-19/h1-5,13-15H,6-12H2. The van der Waals surface area contributed by atoms with E-state index in [1.165, 1.54) is 23.8 Å². The molecule has 4 bridgehead atoms. The van der Waals surface area contributed by atoms with Crippen molar-refractivity contribution in [3.05, 3.63) is 36.2 Å². The van der Waals surface area contributed by atoms with Crippen molar-refractivity contribution in [2.24, 2.45) is 17.8 Å². The van der Waals surface area contributed by atoms with E-state index in [-0.39, 0.29) is 5.41 Å². The normalized spacial score (nSPS) is 33.0. The van der Waals surface area contributed by atoms with Gasteiger partial charge in [-0.25, -0.2) is 0 Å². The van der Waals surface area contributed by atoms with E-state index >= 15 is 0 Å². The molecule has 4 fully saturated rings. The van der Waals surface area contributed by atoms with Gasteiger partial charge in [0.05, 0.1) is 0 Å². The van der Waals surface area contributed by atoms with Gasteiger partial charge in [-0.05, 0) is 56.3 Å². The third-order valence-electron chi connectivity index (χ3n) is 6.63. The third-order valence-corrected chi connectivity index (χ3v) is 6.63. The molecule has 3 nitrogen and oxygen atoms in total. The molecule has 1 aromatic heterocycles. The summed E-state index contributed by atoms with van der Waals surface area (Å²) in [6, 6.07) is 9.12. The minimum atomic E-state index is -4.29. The molecule has 0 N–H and O–H groups in total. The van der Waals surface area contributed by atoms with Gasteiger partial charge in [0.1, 0.15) is 12.4 Å². The number of halogens is 3. The Kier molecular flexibility index (Phi) is 3.50. The zero-order valence-corrected chi connectivity index (χ0v) is 14.5. The van der Waals surface area contributed by atoms with E-state index in [9.17, 15) is 13.2 Å². The maximum absolute atomic E-state index is 13.4. The van der Waals surface area contributed by atoms with Crippen molar-refractivity contribution in [3.8, 4) is 11.4 Å². The summed E-state index contributed by atoms with van der Waals surface area (Å²) in [6.45, 7) is -1.01. The van der Waals surface area contributed by atoms with Crippen LogP contribution in [0.4, 0.5) is 13.2 Å². The average Bonchev–Trinajstić information content (AvgIpc) is 2.97. The van der Waals surface area contributed by atoms with Gasteiger partial charge in [0.25, 0.3) is 0 Å². The summed E-state index contributed by atoms with van der Waals surface area (Å²) >= 11 is 0. The molecule has 138 valence electrons. The highest BCUT2D eigenvalue weighted by Crippen LogP contribution is 2.60. The largest absolute Gasteiger partial charge is 0.406 e. The third kappa shape index (κ3) is 2.65. The zero-order valence-electron chi connectivity index (χ0n) is 14.5. The van der Waals surface area contributed by atoms with Crippen LogP contribution in [-0.2, 0) is 12.0 Å². The summed E-state index contributed by atoms with van der Waals surface area (Å²) in [6.07, 6.45) is 2.38. The fourth-order valence-corrected chi connectivity index (χ4v) is 6.21. The molecule has 6 rings (SSSR count). The molecular formula is C20H22F3N3. The lowest BCUT2D eigenvalue weighted by Gasteiger charge is -2.56. The molecule has 0 amide bonds. The van der Waals surface area contributed by atoms with Crippen molar-refractivity contribution < 1.29 is 13.2 Å². The van der Waals surface area contributed by atoms with Crippen LogP contribution in [0.1, 0.15) is 44.3 Å². The molecule has 0 unspecified atom stereocenters. The second-order valence-electron chi connectivity index (χ2n) is 8.61. The molecule has 1 heterocycles. The summed E-state index contributed by atoms with van der Waals surface area (Å²) in [5, 5.41) is 8.62. The lowest BCUT2D eigenvalue weighted by molar-refractivity contribution is -0.141. The van der Waals surface area contributed by atoms with Crippen LogP contribution in [0.25, 0.3) is 11.4 Å². The molecule has 0 radical (unpaired) electrons. The molecule has 4 saturated carbocycles. The maximum Gasteiger partial charge on any atom is 0.406 e. The molecule has 4 aliphatic carbocycles. The van der Waals surface area contributed by atoms with Crippen LogP contribution in [0, 0.1) is 17.8 Å². The lowest BCUT2D eigenvalue weighted by Crippen LogP contribution is -2.50. The van der Waals surface area contributed by atoms with Gasteiger partial charge in [-0.15, -0.1) is 10.2 Å². The van der Waals surface area contributed by atoms with E-state index in [4.69, 9.17) is 0 Å². The summed E-state index contributed by atoms with van der Waals surface area (Å²) < 4.78 is 41.5. The highest BCUT2D eigenvalue weighted by molar-refractivity contribution is 5.55. The number of aromatic nitrogens is 3. The lowest BCUT2D eigenvalue weighted by atomic mass is 9.49. The monoisotopic (exact) mass is 361 g/mol. The summed E-state index contributed by atoms with van der Waals surface area (Å²) in [5.74, 6) is 2.87. The van der Waals surface area contributed by atoms with Crippen molar-refractivity contribution in [1.82, 2.24) is 14.8 Å². The van der Waals surface area contributed by atoms with Crippen LogP contribution in [0.15, 0.2) is 30.3 Å². The van der Waals surface area contributed by atoms with E-state index in [0.29, 0.717) is 35.0 Å². The van der Waals surface area contributed by atoms with Gasteiger partial charge in [-0.1, -0.05) is 30.3 Å². The Morgan fingerprint density at radius 2 is 1.50 bits per heavy atom. The number of nitrogens with zero attached hydrogens (tertiary/aromatic N) is 3. The van der Waals surface area contributed by atoms with E-state index in [2.05, 4.69) is 10.2 Å². The second kappa shape index (κ2) is 5.57. The first kappa shape index (κ1) is 16.3. The van der Waals surface area contributed by atoms with Crippen molar-refractivity contribution in [3.63, 3.8) is 0 Å². The Morgan fingerprint density at radius 1 is 0.923 bits per heavy atom. The molecule has 26 heavy (non-hydrogen) atoms. The van der Waals surface area contributed by atoms with Gasteiger partial charge in [0.2, 0.25) is 0 Å². The Morgan fingerprint density at radius 3 is 2.04 bits per heavy atom. The van der Waals surface area contributed by atoms with Crippen LogP contribution >= 0.6 is 0 Å². The number of benzene rings is 1. The van der Waals surface area contributed by atoms with Crippen molar-refractivity contribution in [2.75, 3.05) is 0 Å². The van der Waals surface area contributed by atoms with Crippen LogP contribution in [0.3, 0.4) is 0 Å². The van der Waals surface area contributed by atoms with E-state index < -0.39 is 12.7 Å². The molecule has 2 aromatic rings. The van der Waals surface area contributed by atoms with Crippen molar-refractivity contribution in [1.29, 1.82) is 0 Å². The highest BCUT2D eigenvalue weighted by atomic mass is 19.4. The molecule has 4 aliphatic rings. The predicted molar refractivity (Wildman–Crippen MR) is 91.4 cm³/mol. The van der Waals surface area contributed by atoms with Gasteiger partial charge in [0, 0.05) is 11.0 Å². The summed E-state index contributed by atoms with van der Waals surface area (Å²) in [5.41, 5.74) is 0.486. The van der Waals surface area contributed by atoms with Crippen LogP contribution in [-0.4, -0.2) is 20.9 Å². The van der Waals surface area contributed by atoms with E-state index in [1.807, 2.05) is 18.2 Å². The van der Waals surface area contributed by atoms with Gasteiger partial charge in [0.15, 0.2) is 5.82 Å². The molecule has 0 spiro atoms. The number of hydrogen-bond acceptors (Lipinski definition) is 2. The first-order valence-corrected chi connectivity index (χ1v) is 9.48. The Hall–Kier alpha value is -1.85. The average molecular weight is 361 g/mol. The predicted octanol–water partition coefficient (Wildman–Crippen LogP) is 4.98.